The molecule has 2 aromatic carbocycles. The Labute approximate surface area is 133 Å². The van der Waals surface area contributed by atoms with Crippen molar-refractivity contribution in [3.05, 3.63) is 65.4 Å². The van der Waals surface area contributed by atoms with E-state index in [4.69, 9.17) is 25.8 Å². The fourth-order valence-electron chi connectivity index (χ4n) is 1.83. The Morgan fingerprint density at radius 2 is 1.64 bits per heavy atom. The average molecular weight is 319 g/mol. The van der Waals surface area contributed by atoms with Gasteiger partial charge in [0, 0.05) is 11.1 Å². The third-order valence-electron chi connectivity index (χ3n) is 2.96. The smallest absolute Gasteiger partial charge is 0.231 e. The fraction of sp³-hybridized carbons (Fsp3) is 0.118. The van der Waals surface area contributed by atoms with Crippen molar-refractivity contribution in [1.82, 2.24) is 0 Å². The highest BCUT2D eigenvalue weighted by atomic mass is 35.5. The lowest BCUT2D eigenvalue weighted by Gasteiger charge is -2.12. The molecule has 2 rings (SSSR count). The second-order valence-electron chi connectivity index (χ2n) is 4.37. The summed E-state index contributed by atoms with van der Waals surface area (Å²) in [5.41, 5.74) is 0.349. The van der Waals surface area contributed by atoms with Crippen LogP contribution in [0, 0.1) is 0 Å². The molecule has 0 aromatic heterocycles. The Kier molecular flexibility index (Phi) is 5.07. The number of benzene rings is 2. The Morgan fingerprint density at radius 1 is 1.00 bits per heavy atom. The highest BCUT2D eigenvalue weighted by molar-refractivity contribution is 6.30. The molecule has 0 aliphatic heterocycles. The van der Waals surface area contributed by atoms with Gasteiger partial charge < -0.3 is 14.2 Å². The molecule has 0 atom stereocenters. The van der Waals surface area contributed by atoms with E-state index in [1.54, 1.807) is 49.6 Å². The third-order valence-corrected chi connectivity index (χ3v) is 3.21. The monoisotopic (exact) mass is 318 g/mol. The van der Waals surface area contributed by atoms with E-state index in [1.807, 2.05) is 0 Å². The van der Waals surface area contributed by atoms with Crippen molar-refractivity contribution in [3.8, 4) is 17.2 Å². The SMILES string of the molecule is C=C(Oc1ccc(Cl)cc1)C(=O)c1ccc(OC)cc1OC. The molecule has 0 fully saturated rings. The predicted molar refractivity (Wildman–Crippen MR) is 85.1 cm³/mol. The summed E-state index contributed by atoms with van der Waals surface area (Å²) in [5, 5.41) is 0.584. The van der Waals surface area contributed by atoms with E-state index in [0.29, 0.717) is 27.8 Å². The van der Waals surface area contributed by atoms with Gasteiger partial charge in [-0.2, -0.15) is 0 Å². The van der Waals surface area contributed by atoms with Gasteiger partial charge in [-0.05, 0) is 36.4 Å². The molecule has 4 nitrogen and oxygen atoms in total. The standard InChI is InChI=1S/C17H15ClO4/c1-11(22-13-6-4-12(18)5-7-13)17(19)15-9-8-14(20-2)10-16(15)21-3/h4-10H,1H2,2-3H3. The summed E-state index contributed by atoms with van der Waals surface area (Å²) < 4.78 is 15.8. The molecule has 0 radical (unpaired) electrons. The number of carbonyl (C=O) groups is 1. The van der Waals surface area contributed by atoms with Gasteiger partial charge >= 0.3 is 0 Å². The zero-order valence-corrected chi connectivity index (χ0v) is 13.0. The molecule has 0 N–H and O–H groups in total. The van der Waals surface area contributed by atoms with Gasteiger partial charge in [0.25, 0.3) is 0 Å². The number of ketones is 1. The molecule has 0 heterocycles. The van der Waals surface area contributed by atoms with Crippen LogP contribution < -0.4 is 14.2 Å². The van der Waals surface area contributed by atoms with E-state index < -0.39 is 0 Å². The number of Topliss-reactive ketones (excluding diaryl/α,β-unsaturated/α-hetero) is 1. The lowest BCUT2D eigenvalue weighted by atomic mass is 10.1. The van der Waals surface area contributed by atoms with Crippen LogP contribution >= 0.6 is 11.6 Å². The van der Waals surface area contributed by atoms with Gasteiger partial charge in [-0.3, -0.25) is 4.79 Å². The first kappa shape index (κ1) is 15.9. The van der Waals surface area contributed by atoms with Crippen molar-refractivity contribution in [2.75, 3.05) is 14.2 Å². The molecule has 22 heavy (non-hydrogen) atoms. The summed E-state index contributed by atoms with van der Waals surface area (Å²) in [5.74, 6) is 1.10. The Hall–Kier alpha value is -2.46. The Bertz CT molecular complexity index is 692. The molecule has 0 saturated heterocycles. The fourth-order valence-corrected chi connectivity index (χ4v) is 1.95. The second kappa shape index (κ2) is 7.00. The number of carbonyl (C=O) groups excluding carboxylic acids is 1. The molecule has 0 bridgehead atoms. The van der Waals surface area contributed by atoms with Crippen LogP contribution in [0.4, 0.5) is 0 Å². The predicted octanol–water partition coefficient (Wildman–Crippen LogP) is 4.13. The molecule has 114 valence electrons. The van der Waals surface area contributed by atoms with Crippen molar-refractivity contribution >= 4 is 17.4 Å². The maximum atomic E-state index is 12.4. The number of allylic oxidation sites excluding steroid dienone is 1. The number of halogens is 1. The first-order valence-electron chi connectivity index (χ1n) is 6.44. The highest BCUT2D eigenvalue weighted by Crippen LogP contribution is 2.27. The van der Waals surface area contributed by atoms with E-state index in [2.05, 4.69) is 6.58 Å². The van der Waals surface area contributed by atoms with Gasteiger partial charge in [0.1, 0.15) is 17.2 Å². The highest BCUT2D eigenvalue weighted by Gasteiger charge is 2.18. The van der Waals surface area contributed by atoms with E-state index in [0.717, 1.165) is 0 Å². The van der Waals surface area contributed by atoms with Crippen molar-refractivity contribution < 1.29 is 19.0 Å². The molecule has 0 aliphatic carbocycles. The molecular weight excluding hydrogens is 304 g/mol. The van der Waals surface area contributed by atoms with Gasteiger partial charge in [0.05, 0.1) is 19.8 Å². The summed E-state index contributed by atoms with van der Waals surface area (Å²) >= 11 is 5.80. The minimum atomic E-state index is -0.366. The summed E-state index contributed by atoms with van der Waals surface area (Å²) in [7, 11) is 3.02. The van der Waals surface area contributed by atoms with Crippen LogP contribution in [0.2, 0.25) is 5.02 Å². The minimum Gasteiger partial charge on any atom is -0.497 e. The minimum absolute atomic E-state index is 0.00853. The summed E-state index contributed by atoms with van der Waals surface area (Å²) in [4.78, 5) is 12.4. The Balaban J connectivity index is 2.20. The van der Waals surface area contributed by atoms with Gasteiger partial charge in [-0.25, -0.2) is 0 Å². The number of methoxy groups -OCH3 is 2. The third kappa shape index (κ3) is 3.59. The van der Waals surface area contributed by atoms with Crippen molar-refractivity contribution in [2.24, 2.45) is 0 Å². The molecule has 0 unspecified atom stereocenters. The van der Waals surface area contributed by atoms with Crippen LogP contribution in [0.15, 0.2) is 54.8 Å². The molecule has 0 saturated carbocycles. The van der Waals surface area contributed by atoms with E-state index in [9.17, 15) is 4.79 Å². The van der Waals surface area contributed by atoms with Crippen LogP contribution in [0.1, 0.15) is 10.4 Å². The maximum absolute atomic E-state index is 12.4. The zero-order chi connectivity index (χ0) is 16.1. The lowest BCUT2D eigenvalue weighted by Crippen LogP contribution is -2.10. The van der Waals surface area contributed by atoms with E-state index >= 15 is 0 Å². The number of hydrogen-bond donors (Lipinski definition) is 0. The average Bonchev–Trinajstić information content (AvgIpc) is 2.55. The van der Waals surface area contributed by atoms with Gasteiger partial charge in [0.2, 0.25) is 5.78 Å². The van der Waals surface area contributed by atoms with Gasteiger partial charge in [0.15, 0.2) is 5.76 Å². The van der Waals surface area contributed by atoms with Crippen molar-refractivity contribution in [3.63, 3.8) is 0 Å². The number of hydrogen-bond acceptors (Lipinski definition) is 4. The van der Waals surface area contributed by atoms with Crippen molar-refractivity contribution in [2.45, 2.75) is 0 Å². The van der Waals surface area contributed by atoms with E-state index in [1.165, 1.54) is 7.11 Å². The van der Waals surface area contributed by atoms with Crippen LogP contribution in [0.3, 0.4) is 0 Å². The Morgan fingerprint density at radius 3 is 2.23 bits per heavy atom. The molecule has 0 amide bonds. The second-order valence-corrected chi connectivity index (χ2v) is 4.81. The summed E-state index contributed by atoms with van der Waals surface area (Å²) in [6.45, 7) is 3.68. The van der Waals surface area contributed by atoms with Crippen LogP contribution in [-0.2, 0) is 0 Å². The molecule has 2 aromatic rings. The summed E-state index contributed by atoms with van der Waals surface area (Å²) in [6, 6.07) is 11.6. The normalized spacial score (nSPS) is 9.95. The first-order chi connectivity index (χ1) is 10.5. The van der Waals surface area contributed by atoms with Crippen LogP contribution in [0.25, 0.3) is 0 Å². The van der Waals surface area contributed by atoms with Crippen LogP contribution in [-0.4, -0.2) is 20.0 Å². The number of ether oxygens (including phenoxy) is 3. The topological polar surface area (TPSA) is 44.8 Å². The van der Waals surface area contributed by atoms with Gasteiger partial charge in [-0.15, -0.1) is 0 Å². The quantitative estimate of drug-likeness (QED) is 0.456. The molecular formula is C17H15ClO4. The maximum Gasteiger partial charge on any atom is 0.231 e. The first-order valence-corrected chi connectivity index (χ1v) is 6.82. The van der Waals surface area contributed by atoms with E-state index in [-0.39, 0.29) is 11.5 Å². The van der Waals surface area contributed by atoms with Crippen molar-refractivity contribution in [1.29, 1.82) is 0 Å². The summed E-state index contributed by atoms with van der Waals surface area (Å²) in [6.07, 6.45) is 0. The number of rotatable bonds is 6. The zero-order valence-electron chi connectivity index (χ0n) is 12.3. The largest absolute Gasteiger partial charge is 0.497 e. The molecule has 5 heteroatoms. The molecule has 0 aliphatic rings. The molecule has 0 spiro atoms. The lowest BCUT2D eigenvalue weighted by molar-refractivity contribution is 0.0984. The van der Waals surface area contributed by atoms with Gasteiger partial charge in [-0.1, -0.05) is 18.2 Å². The van der Waals surface area contributed by atoms with Crippen LogP contribution in [0.5, 0.6) is 17.2 Å².